The van der Waals surface area contributed by atoms with E-state index in [0.29, 0.717) is 25.5 Å². The van der Waals surface area contributed by atoms with Crippen LogP contribution in [0.2, 0.25) is 0 Å². The molecule has 0 saturated heterocycles. The largest absolute Gasteiger partial charge is 0.356 e. The van der Waals surface area contributed by atoms with Gasteiger partial charge in [0.25, 0.3) is 0 Å². The van der Waals surface area contributed by atoms with Crippen molar-refractivity contribution in [2.45, 2.75) is 18.9 Å². The van der Waals surface area contributed by atoms with Crippen LogP contribution in [0.5, 0.6) is 0 Å². The molecule has 1 unspecified atom stereocenters. The van der Waals surface area contributed by atoms with E-state index in [1.165, 1.54) is 12.1 Å². The highest BCUT2D eigenvalue weighted by Gasteiger charge is 2.24. The summed E-state index contributed by atoms with van der Waals surface area (Å²) in [7, 11) is 1.68. The fourth-order valence-electron chi connectivity index (χ4n) is 2.98. The number of amides is 1. The van der Waals surface area contributed by atoms with Gasteiger partial charge in [-0.25, -0.2) is 4.39 Å². The van der Waals surface area contributed by atoms with Gasteiger partial charge in [0.05, 0.1) is 0 Å². The second-order valence-electron chi connectivity index (χ2n) is 6.08. The molecule has 1 atom stereocenters. The van der Waals surface area contributed by atoms with Crippen LogP contribution in [0, 0.1) is 5.82 Å². The third-order valence-corrected chi connectivity index (χ3v) is 5.07. The number of anilines is 1. The van der Waals surface area contributed by atoms with Gasteiger partial charge in [0.15, 0.2) is 5.96 Å². The zero-order valence-corrected chi connectivity index (χ0v) is 18.7. The van der Waals surface area contributed by atoms with E-state index in [0.717, 1.165) is 21.3 Å². The Morgan fingerprint density at radius 1 is 1.30 bits per heavy atom. The Labute approximate surface area is 183 Å². The Balaban J connectivity index is 0.00000261. The monoisotopic (exact) mass is 546 g/mol. The summed E-state index contributed by atoms with van der Waals surface area (Å²) in [4.78, 5) is 16.1. The summed E-state index contributed by atoms with van der Waals surface area (Å²) >= 11 is 3.42. The smallest absolute Gasteiger partial charge is 0.225 e. The molecule has 0 spiro atoms. The maximum atomic E-state index is 13.4. The van der Waals surface area contributed by atoms with Crippen LogP contribution in [0.15, 0.2) is 51.9 Å². The number of hydrogen-bond acceptors (Lipinski definition) is 2. The first-order chi connectivity index (χ1) is 12.6. The fourth-order valence-corrected chi connectivity index (χ4v) is 3.37. The molecule has 2 aromatic carbocycles. The average Bonchev–Trinajstić information content (AvgIpc) is 2.64. The molecule has 1 amide bonds. The first kappa shape index (κ1) is 21.6. The third kappa shape index (κ3) is 5.65. The molecular weight excluding hydrogens is 526 g/mol. The van der Waals surface area contributed by atoms with Crippen LogP contribution in [0.25, 0.3) is 0 Å². The summed E-state index contributed by atoms with van der Waals surface area (Å²) in [6, 6.07) is 12.4. The van der Waals surface area contributed by atoms with E-state index >= 15 is 0 Å². The summed E-state index contributed by atoms with van der Waals surface area (Å²) in [6.45, 7) is 1.01. The van der Waals surface area contributed by atoms with Gasteiger partial charge in [-0.1, -0.05) is 34.1 Å². The van der Waals surface area contributed by atoms with Crippen molar-refractivity contribution < 1.29 is 9.18 Å². The van der Waals surface area contributed by atoms with Gasteiger partial charge >= 0.3 is 0 Å². The number of para-hydroxylation sites is 1. The number of nitrogens with one attached hydrogen (secondary N) is 3. The lowest BCUT2D eigenvalue weighted by atomic mass is 9.90. The van der Waals surface area contributed by atoms with Crippen molar-refractivity contribution >= 4 is 57.5 Å². The number of aliphatic imine (C=N–C) groups is 1. The number of rotatable bonds is 4. The number of benzene rings is 2. The van der Waals surface area contributed by atoms with E-state index in [-0.39, 0.29) is 41.6 Å². The van der Waals surface area contributed by atoms with Crippen LogP contribution in [-0.4, -0.2) is 25.5 Å². The molecule has 0 radical (unpaired) electrons. The molecule has 3 N–H and O–H groups in total. The van der Waals surface area contributed by atoms with Crippen LogP contribution in [0.3, 0.4) is 0 Å². The van der Waals surface area contributed by atoms with Gasteiger partial charge in [-0.05, 0) is 35.4 Å². The molecule has 0 saturated carbocycles. The lowest BCUT2D eigenvalue weighted by molar-refractivity contribution is -0.116. The lowest BCUT2D eigenvalue weighted by Gasteiger charge is -2.26. The predicted octanol–water partition coefficient (Wildman–Crippen LogP) is 4.00. The normalized spacial score (nSPS) is 16.0. The third-order valence-electron chi connectivity index (χ3n) is 4.30. The number of hydrogen-bond donors (Lipinski definition) is 3. The van der Waals surface area contributed by atoms with Crippen molar-refractivity contribution in [1.29, 1.82) is 0 Å². The van der Waals surface area contributed by atoms with Crippen LogP contribution < -0.4 is 16.0 Å². The second-order valence-corrected chi connectivity index (χ2v) is 6.93. The van der Waals surface area contributed by atoms with E-state index in [9.17, 15) is 9.18 Å². The first-order valence-corrected chi connectivity index (χ1v) is 9.13. The number of guanidine groups is 1. The molecule has 1 heterocycles. The number of fused-ring (bicyclic) bond motifs is 1. The molecule has 0 fully saturated rings. The standard InChI is InChI=1S/C19H20BrFN4O.HI/c1-22-19(24-11-13-8-14(21)6-7-16(13)20)23-10-12-9-18(26)25-17-5-3-2-4-15(12)17;/h2-8,12H,9-11H2,1H3,(H,25,26)(H2,22,23,24);1H. The van der Waals surface area contributed by atoms with Gasteiger partial charge in [0, 0.05) is 42.6 Å². The van der Waals surface area contributed by atoms with E-state index in [4.69, 9.17) is 0 Å². The van der Waals surface area contributed by atoms with Gasteiger partial charge in [-0.2, -0.15) is 0 Å². The van der Waals surface area contributed by atoms with E-state index in [2.05, 4.69) is 36.9 Å². The van der Waals surface area contributed by atoms with E-state index < -0.39 is 0 Å². The molecule has 0 aliphatic carbocycles. The molecule has 1 aliphatic heterocycles. The van der Waals surface area contributed by atoms with Crippen molar-refractivity contribution in [3.63, 3.8) is 0 Å². The first-order valence-electron chi connectivity index (χ1n) is 8.34. The van der Waals surface area contributed by atoms with Gasteiger partial charge < -0.3 is 16.0 Å². The van der Waals surface area contributed by atoms with Crippen LogP contribution in [-0.2, 0) is 11.3 Å². The average molecular weight is 547 g/mol. The van der Waals surface area contributed by atoms with Gasteiger partial charge in [-0.15, -0.1) is 24.0 Å². The summed E-state index contributed by atoms with van der Waals surface area (Å²) in [5, 5.41) is 9.32. The lowest BCUT2D eigenvalue weighted by Crippen LogP contribution is -2.40. The summed E-state index contributed by atoms with van der Waals surface area (Å²) in [5.74, 6) is 0.406. The highest BCUT2D eigenvalue weighted by Crippen LogP contribution is 2.31. The molecule has 0 aromatic heterocycles. The predicted molar refractivity (Wildman–Crippen MR) is 120 cm³/mol. The number of nitrogens with zero attached hydrogens (tertiary/aromatic N) is 1. The minimum Gasteiger partial charge on any atom is -0.356 e. The highest BCUT2D eigenvalue weighted by molar-refractivity contribution is 14.0. The molecule has 1 aliphatic rings. The van der Waals surface area contributed by atoms with E-state index in [1.54, 1.807) is 13.1 Å². The van der Waals surface area contributed by atoms with Gasteiger partial charge in [-0.3, -0.25) is 9.79 Å². The summed E-state index contributed by atoms with van der Waals surface area (Å²) < 4.78 is 14.2. The molecule has 3 rings (SSSR count). The van der Waals surface area contributed by atoms with Crippen molar-refractivity contribution in [3.8, 4) is 0 Å². The Bertz CT molecular complexity index is 846. The fraction of sp³-hybridized carbons (Fsp3) is 0.263. The SMILES string of the molecule is CN=C(NCc1cc(F)ccc1Br)NCC1CC(=O)Nc2ccccc21.I. The van der Waals surface area contributed by atoms with Crippen molar-refractivity contribution in [2.24, 2.45) is 4.99 Å². The van der Waals surface area contributed by atoms with Crippen molar-refractivity contribution in [1.82, 2.24) is 10.6 Å². The number of carbonyl (C=O) groups excluding carboxylic acids is 1. The zero-order valence-electron chi connectivity index (χ0n) is 14.8. The van der Waals surface area contributed by atoms with E-state index in [1.807, 2.05) is 24.3 Å². The second kappa shape index (κ2) is 10.0. The Hall–Kier alpha value is -1.68. The van der Waals surface area contributed by atoms with Crippen LogP contribution in [0.1, 0.15) is 23.5 Å². The molecule has 27 heavy (non-hydrogen) atoms. The maximum Gasteiger partial charge on any atom is 0.225 e. The number of halogens is 3. The topological polar surface area (TPSA) is 65.5 Å². The van der Waals surface area contributed by atoms with Crippen molar-refractivity contribution in [3.05, 3.63) is 63.9 Å². The summed E-state index contributed by atoms with van der Waals surface area (Å²) in [6.07, 6.45) is 0.427. The van der Waals surface area contributed by atoms with Gasteiger partial charge in [0.2, 0.25) is 5.91 Å². The minimum atomic E-state index is -0.280. The maximum absolute atomic E-state index is 13.4. The molecule has 0 bridgehead atoms. The molecule has 144 valence electrons. The van der Waals surface area contributed by atoms with Gasteiger partial charge in [0.1, 0.15) is 5.82 Å². The van der Waals surface area contributed by atoms with Crippen LogP contribution in [0.4, 0.5) is 10.1 Å². The van der Waals surface area contributed by atoms with Crippen LogP contribution >= 0.6 is 39.9 Å². The summed E-state index contributed by atoms with van der Waals surface area (Å²) in [5.41, 5.74) is 2.78. The van der Waals surface area contributed by atoms with Crippen molar-refractivity contribution in [2.75, 3.05) is 18.9 Å². The highest BCUT2D eigenvalue weighted by atomic mass is 127. The Kier molecular flexibility index (Phi) is 8.03. The molecule has 5 nitrogen and oxygen atoms in total. The zero-order chi connectivity index (χ0) is 18.5. The molecule has 2 aromatic rings. The minimum absolute atomic E-state index is 0. The molecule has 8 heteroatoms. The molecular formula is C19H21BrFIN4O. The quantitative estimate of drug-likeness (QED) is 0.308. The Morgan fingerprint density at radius 3 is 2.85 bits per heavy atom. The Morgan fingerprint density at radius 2 is 2.07 bits per heavy atom. The number of carbonyl (C=O) groups is 1.